The molecule has 6 heteroatoms. The molecule has 2 aliphatic rings. The van der Waals surface area contributed by atoms with Crippen LogP contribution in [0.1, 0.15) is 0 Å². The van der Waals surface area contributed by atoms with E-state index in [-0.39, 0.29) is 0 Å². The molecule has 5 nitrogen and oxygen atoms in total. The van der Waals surface area contributed by atoms with Gasteiger partial charge in [0.2, 0.25) is 0 Å². The van der Waals surface area contributed by atoms with Gasteiger partial charge in [-0.1, -0.05) is 17.8 Å². The third-order valence-corrected chi connectivity index (χ3v) is 3.39. The molecule has 0 saturated carbocycles. The van der Waals surface area contributed by atoms with Crippen molar-refractivity contribution in [2.24, 2.45) is 0 Å². The molecule has 0 fully saturated rings. The fourth-order valence-corrected chi connectivity index (χ4v) is 2.74. The average Bonchev–Trinajstić information content (AvgIpc) is 2.73. The zero-order chi connectivity index (χ0) is 10.4. The first-order chi connectivity index (χ1) is 7.29. The van der Waals surface area contributed by atoms with Crippen molar-refractivity contribution < 1.29 is 9.94 Å². The van der Waals surface area contributed by atoms with E-state index in [4.69, 9.17) is 4.74 Å². The molecular weight excluding hydrogens is 214 g/mol. The minimum atomic E-state index is 0.846. The monoisotopic (exact) mass is 223 g/mol. The predicted octanol–water partition coefficient (Wildman–Crippen LogP) is 1.53. The van der Waals surface area contributed by atoms with E-state index >= 15 is 0 Å². The highest BCUT2D eigenvalue weighted by Crippen LogP contribution is 2.50. The first kappa shape index (κ1) is 8.90. The number of hydrazine groups is 2. The van der Waals surface area contributed by atoms with Gasteiger partial charge in [-0.05, 0) is 12.1 Å². The highest BCUT2D eigenvalue weighted by molar-refractivity contribution is 8.03. The molecule has 1 aromatic carbocycles. The van der Waals surface area contributed by atoms with E-state index in [1.807, 2.05) is 23.2 Å². The van der Waals surface area contributed by atoms with Crippen molar-refractivity contribution in [3.05, 3.63) is 29.4 Å². The van der Waals surface area contributed by atoms with E-state index in [0.29, 0.717) is 0 Å². The smallest absolute Gasteiger partial charge is 0.135 e. The summed E-state index contributed by atoms with van der Waals surface area (Å²) in [7, 11) is 1.65. The summed E-state index contributed by atoms with van der Waals surface area (Å²) in [5.41, 5.74) is 3.76. The second-order valence-corrected chi connectivity index (χ2v) is 4.19. The van der Waals surface area contributed by atoms with Gasteiger partial charge in [0.1, 0.15) is 10.8 Å². The largest absolute Gasteiger partial charge is 0.495 e. The third-order valence-electron chi connectivity index (χ3n) is 2.28. The van der Waals surface area contributed by atoms with Crippen molar-refractivity contribution in [2.75, 3.05) is 12.1 Å². The first-order valence-corrected chi connectivity index (χ1v) is 5.22. The number of methoxy groups -OCH3 is 1. The number of thioether (sulfide) groups is 1. The Bertz CT molecular complexity index is 449. The van der Waals surface area contributed by atoms with E-state index in [9.17, 15) is 5.21 Å². The number of anilines is 1. The Morgan fingerprint density at radius 1 is 1.47 bits per heavy atom. The Hall–Kier alpha value is -1.37. The lowest BCUT2D eigenvalue weighted by Crippen LogP contribution is -2.37. The van der Waals surface area contributed by atoms with Crippen LogP contribution in [-0.4, -0.2) is 17.5 Å². The van der Waals surface area contributed by atoms with Crippen molar-refractivity contribution in [3.63, 3.8) is 0 Å². The van der Waals surface area contributed by atoms with Crippen molar-refractivity contribution in [3.8, 4) is 5.75 Å². The number of hydroxylamine groups is 1. The number of nitrogens with one attached hydrogen (secondary N) is 1. The summed E-state index contributed by atoms with van der Waals surface area (Å²) >= 11 is 1.56. The molecule has 2 heterocycles. The summed E-state index contributed by atoms with van der Waals surface area (Å²) in [4.78, 5) is 1.06. The molecule has 0 unspecified atom stereocenters. The highest BCUT2D eigenvalue weighted by Gasteiger charge is 2.32. The number of rotatable bonds is 1. The highest BCUT2D eigenvalue weighted by atomic mass is 32.2. The Kier molecular flexibility index (Phi) is 1.82. The molecule has 15 heavy (non-hydrogen) atoms. The second-order valence-electron chi connectivity index (χ2n) is 3.16. The van der Waals surface area contributed by atoms with Crippen LogP contribution < -0.4 is 15.3 Å². The first-order valence-electron chi connectivity index (χ1n) is 4.41. The van der Waals surface area contributed by atoms with Crippen LogP contribution in [0.3, 0.4) is 0 Å². The van der Waals surface area contributed by atoms with Crippen LogP contribution in [0.2, 0.25) is 0 Å². The predicted molar refractivity (Wildman–Crippen MR) is 56.2 cm³/mol. The van der Waals surface area contributed by atoms with Gasteiger partial charge in [0.25, 0.3) is 0 Å². The van der Waals surface area contributed by atoms with Gasteiger partial charge < -0.3 is 4.74 Å². The number of fused-ring (bicyclic) bond motifs is 3. The Morgan fingerprint density at radius 2 is 2.33 bits per heavy atom. The van der Waals surface area contributed by atoms with Crippen molar-refractivity contribution >= 4 is 17.4 Å². The zero-order valence-electron chi connectivity index (χ0n) is 7.97. The van der Waals surface area contributed by atoms with Gasteiger partial charge >= 0.3 is 0 Å². The van der Waals surface area contributed by atoms with Gasteiger partial charge in [-0.15, -0.1) is 5.53 Å². The Labute approximate surface area is 90.8 Å². The van der Waals surface area contributed by atoms with E-state index in [0.717, 1.165) is 26.5 Å². The van der Waals surface area contributed by atoms with E-state index in [1.165, 1.54) is 0 Å². The van der Waals surface area contributed by atoms with Crippen LogP contribution in [0.15, 0.2) is 34.3 Å². The van der Waals surface area contributed by atoms with Gasteiger partial charge in [-0.3, -0.25) is 5.21 Å². The van der Waals surface area contributed by atoms with E-state index in [2.05, 4.69) is 5.53 Å². The van der Waals surface area contributed by atoms with Crippen LogP contribution in [0.4, 0.5) is 5.69 Å². The van der Waals surface area contributed by atoms with Crippen molar-refractivity contribution in [2.45, 2.75) is 4.90 Å². The maximum Gasteiger partial charge on any atom is 0.135 e. The molecule has 2 aliphatic heterocycles. The van der Waals surface area contributed by atoms with E-state index < -0.39 is 0 Å². The van der Waals surface area contributed by atoms with Crippen LogP contribution in [0.25, 0.3) is 0 Å². The lowest BCUT2D eigenvalue weighted by atomic mass is 10.3. The minimum Gasteiger partial charge on any atom is -0.495 e. The number of benzene rings is 1. The molecule has 0 aromatic heterocycles. The summed E-state index contributed by atoms with van der Waals surface area (Å²) in [6.07, 6.45) is 1.62. The lowest BCUT2D eigenvalue weighted by molar-refractivity contribution is -0.0792. The standard InChI is InChI=1S/C9H9N3O2S/c1-14-7-4-2-3-6-9(7)15-8-5-11(13)10-12(6)8/h2-5,10,13H,1H3. The summed E-state index contributed by atoms with van der Waals surface area (Å²) in [6, 6.07) is 5.81. The molecule has 2 N–H and O–H groups in total. The summed E-state index contributed by atoms with van der Waals surface area (Å²) in [5.74, 6) is 0.846. The van der Waals surface area contributed by atoms with Crippen LogP contribution in [0.5, 0.6) is 5.75 Å². The third kappa shape index (κ3) is 1.19. The Morgan fingerprint density at radius 3 is 3.13 bits per heavy atom. The average molecular weight is 223 g/mol. The van der Waals surface area contributed by atoms with Gasteiger partial charge in [-0.25, -0.2) is 5.01 Å². The van der Waals surface area contributed by atoms with Gasteiger partial charge in [-0.2, -0.15) is 5.17 Å². The summed E-state index contributed by atoms with van der Waals surface area (Å²) < 4.78 is 5.27. The number of hydrogen-bond donors (Lipinski definition) is 2. The SMILES string of the molecule is COc1cccc2c1SC1=CN(O)NN12. The molecular formula is C9H9N3O2S. The number of hydrogen-bond acceptors (Lipinski definition) is 6. The van der Waals surface area contributed by atoms with Crippen LogP contribution in [-0.2, 0) is 0 Å². The molecule has 1 aromatic rings. The molecule has 3 rings (SSSR count). The summed E-state index contributed by atoms with van der Waals surface area (Å²) in [5, 5.41) is 12.9. The van der Waals surface area contributed by atoms with E-state index in [1.54, 1.807) is 25.1 Å². The van der Waals surface area contributed by atoms with Gasteiger partial charge in [0.05, 0.1) is 23.9 Å². The van der Waals surface area contributed by atoms with Crippen molar-refractivity contribution in [1.29, 1.82) is 0 Å². The second kappa shape index (κ2) is 3.06. The molecule has 0 radical (unpaired) electrons. The minimum absolute atomic E-state index is 0.846. The quantitative estimate of drug-likeness (QED) is 0.753. The maximum absolute atomic E-state index is 9.25. The number of nitrogens with zero attached hydrogens (tertiary/aromatic N) is 2. The van der Waals surface area contributed by atoms with Gasteiger partial charge in [0.15, 0.2) is 0 Å². The zero-order valence-corrected chi connectivity index (χ0v) is 8.78. The van der Waals surface area contributed by atoms with Gasteiger partial charge in [0, 0.05) is 0 Å². The molecule has 0 aliphatic carbocycles. The van der Waals surface area contributed by atoms with Crippen molar-refractivity contribution in [1.82, 2.24) is 10.7 Å². The van der Waals surface area contributed by atoms with Crippen LogP contribution >= 0.6 is 11.8 Å². The molecule has 0 amide bonds. The molecule has 78 valence electrons. The Balaban J connectivity index is 2.09. The van der Waals surface area contributed by atoms with Crippen LogP contribution in [0, 0.1) is 0 Å². The molecule has 0 spiro atoms. The maximum atomic E-state index is 9.25. The lowest BCUT2D eigenvalue weighted by Gasteiger charge is -2.16. The fraction of sp³-hybridized carbons (Fsp3) is 0.111. The molecule has 0 saturated heterocycles. The fourth-order valence-electron chi connectivity index (χ4n) is 1.64. The molecule has 0 atom stereocenters. The topological polar surface area (TPSA) is 48.0 Å². The molecule has 0 bridgehead atoms. The normalized spacial score (nSPS) is 17.6. The summed E-state index contributed by atoms with van der Waals surface area (Å²) in [6.45, 7) is 0. The number of ether oxygens (including phenoxy) is 1.